The van der Waals surface area contributed by atoms with Gasteiger partial charge in [0.25, 0.3) is 5.91 Å². The fraction of sp³-hybridized carbons (Fsp3) is 0.300. The highest BCUT2D eigenvalue weighted by Crippen LogP contribution is 2.10. The number of nitrogens with one attached hydrogen (secondary N) is 2. The van der Waals surface area contributed by atoms with Crippen LogP contribution in [0, 0.1) is 5.82 Å². The summed E-state index contributed by atoms with van der Waals surface area (Å²) >= 11 is 0. The van der Waals surface area contributed by atoms with E-state index in [1.165, 1.54) is 12.1 Å². The van der Waals surface area contributed by atoms with Crippen molar-refractivity contribution >= 4 is 11.8 Å². The molecule has 2 N–H and O–H groups in total. The van der Waals surface area contributed by atoms with Gasteiger partial charge in [0.15, 0.2) is 0 Å². The van der Waals surface area contributed by atoms with E-state index in [4.69, 9.17) is 4.74 Å². The van der Waals surface area contributed by atoms with Gasteiger partial charge in [-0.25, -0.2) is 4.39 Å². The second-order valence-electron chi connectivity index (χ2n) is 6.10. The quantitative estimate of drug-likeness (QED) is 0.658. The molecule has 0 aliphatic carbocycles. The van der Waals surface area contributed by atoms with E-state index >= 15 is 0 Å². The van der Waals surface area contributed by atoms with Crippen LogP contribution in [-0.2, 0) is 11.3 Å². The molecule has 2 aromatic rings. The predicted octanol–water partition coefficient (Wildman–Crippen LogP) is 1.81. The van der Waals surface area contributed by atoms with Gasteiger partial charge < -0.3 is 15.4 Å². The summed E-state index contributed by atoms with van der Waals surface area (Å²) in [5.41, 5.74) is 1.61. The van der Waals surface area contributed by atoms with Gasteiger partial charge in [-0.2, -0.15) is 0 Å². The molecule has 0 saturated heterocycles. The van der Waals surface area contributed by atoms with Crippen LogP contribution in [-0.4, -0.2) is 50.5 Å². The van der Waals surface area contributed by atoms with Gasteiger partial charge in [-0.05, 0) is 49.0 Å². The number of amides is 2. The highest BCUT2D eigenvalue weighted by atomic mass is 19.1. The largest absolute Gasteiger partial charge is 0.492 e. The summed E-state index contributed by atoms with van der Waals surface area (Å²) < 4.78 is 18.2. The lowest BCUT2D eigenvalue weighted by atomic mass is 10.1. The molecule has 0 unspecified atom stereocenters. The Balaban J connectivity index is 1.67. The number of nitrogens with zero attached hydrogens (tertiary/aromatic N) is 1. The number of ether oxygens (including phenoxy) is 1. The lowest BCUT2D eigenvalue weighted by Gasteiger charge is -2.16. The Morgan fingerprint density at radius 3 is 2.37 bits per heavy atom. The summed E-state index contributed by atoms with van der Waals surface area (Å²) in [7, 11) is 3.44. The Labute approximate surface area is 158 Å². The van der Waals surface area contributed by atoms with Gasteiger partial charge in [0, 0.05) is 19.2 Å². The van der Waals surface area contributed by atoms with E-state index in [2.05, 4.69) is 10.6 Å². The van der Waals surface area contributed by atoms with Crippen LogP contribution in [0.5, 0.6) is 5.75 Å². The molecule has 7 heteroatoms. The zero-order valence-electron chi connectivity index (χ0n) is 15.5. The number of likely N-dealkylation sites (N-methyl/N-ethyl adjacent to an activating group) is 1. The third kappa shape index (κ3) is 7.07. The van der Waals surface area contributed by atoms with Crippen LogP contribution in [0.3, 0.4) is 0 Å². The van der Waals surface area contributed by atoms with Crippen LogP contribution in [0.1, 0.15) is 15.9 Å². The first-order chi connectivity index (χ1) is 13.0. The summed E-state index contributed by atoms with van der Waals surface area (Å²) in [4.78, 5) is 25.4. The maximum atomic E-state index is 12.8. The molecule has 144 valence electrons. The molecule has 2 aromatic carbocycles. The van der Waals surface area contributed by atoms with Crippen molar-refractivity contribution in [3.8, 4) is 5.75 Å². The molecule has 0 aliphatic rings. The van der Waals surface area contributed by atoms with Gasteiger partial charge in [-0.1, -0.05) is 12.1 Å². The van der Waals surface area contributed by atoms with Crippen molar-refractivity contribution in [1.29, 1.82) is 0 Å². The van der Waals surface area contributed by atoms with Crippen molar-refractivity contribution < 1.29 is 18.7 Å². The Hall–Kier alpha value is -2.93. The second-order valence-corrected chi connectivity index (χ2v) is 6.10. The number of benzene rings is 2. The molecule has 0 bridgehead atoms. The zero-order chi connectivity index (χ0) is 19.6. The fourth-order valence-corrected chi connectivity index (χ4v) is 2.46. The number of rotatable bonds is 9. The van der Waals surface area contributed by atoms with Gasteiger partial charge in [0.2, 0.25) is 5.91 Å². The number of hydrogen-bond donors (Lipinski definition) is 2. The number of carbonyl (C=O) groups excluding carboxylic acids is 2. The standard InChI is InChI=1S/C20H24FN3O3/c1-22-20(26)16-5-3-15(4-6-16)13-24(2)14-19(25)23-11-12-27-18-9-7-17(21)8-10-18/h3-10H,11-14H2,1-2H3,(H,22,26)(H,23,25). The van der Waals surface area contributed by atoms with Crippen LogP contribution in [0.15, 0.2) is 48.5 Å². The van der Waals surface area contributed by atoms with Crippen molar-refractivity contribution in [1.82, 2.24) is 15.5 Å². The van der Waals surface area contributed by atoms with Crippen LogP contribution in [0.25, 0.3) is 0 Å². The molecule has 0 spiro atoms. The minimum atomic E-state index is -0.318. The van der Waals surface area contributed by atoms with E-state index < -0.39 is 0 Å². The normalized spacial score (nSPS) is 10.5. The molecule has 0 saturated carbocycles. The monoisotopic (exact) mass is 373 g/mol. The highest BCUT2D eigenvalue weighted by molar-refractivity contribution is 5.93. The van der Waals surface area contributed by atoms with Gasteiger partial charge in [0.1, 0.15) is 18.2 Å². The molecule has 6 nitrogen and oxygen atoms in total. The van der Waals surface area contributed by atoms with E-state index in [-0.39, 0.29) is 24.2 Å². The van der Waals surface area contributed by atoms with Gasteiger partial charge >= 0.3 is 0 Å². The molecule has 0 radical (unpaired) electrons. The smallest absolute Gasteiger partial charge is 0.251 e. The Morgan fingerprint density at radius 1 is 1.07 bits per heavy atom. The molecular formula is C20H24FN3O3. The summed E-state index contributed by atoms with van der Waals surface area (Å²) in [6, 6.07) is 13.0. The van der Waals surface area contributed by atoms with E-state index in [1.54, 1.807) is 31.3 Å². The van der Waals surface area contributed by atoms with Crippen molar-refractivity contribution in [2.45, 2.75) is 6.54 Å². The minimum absolute atomic E-state index is 0.109. The molecular weight excluding hydrogens is 349 g/mol. The van der Waals surface area contributed by atoms with Gasteiger partial charge in [0.05, 0.1) is 13.1 Å². The van der Waals surface area contributed by atoms with Crippen LogP contribution in [0.2, 0.25) is 0 Å². The van der Waals surface area contributed by atoms with Gasteiger partial charge in [-0.15, -0.1) is 0 Å². The van der Waals surface area contributed by atoms with Crippen LogP contribution >= 0.6 is 0 Å². The second kappa shape index (κ2) is 10.3. The maximum Gasteiger partial charge on any atom is 0.251 e. The molecule has 0 heterocycles. The Kier molecular flexibility index (Phi) is 7.76. The van der Waals surface area contributed by atoms with Crippen LogP contribution in [0.4, 0.5) is 4.39 Å². The first-order valence-corrected chi connectivity index (χ1v) is 8.62. The zero-order valence-corrected chi connectivity index (χ0v) is 15.5. The first kappa shape index (κ1) is 20.4. The first-order valence-electron chi connectivity index (χ1n) is 8.62. The molecule has 2 rings (SSSR count). The van der Waals surface area contributed by atoms with Crippen molar-refractivity contribution in [3.05, 3.63) is 65.5 Å². The third-order valence-corrected chi connectivity index (χ3v) is 3.82. The maximum absolute atomic E-state index is 12.8. The minimum Gasteiger partial charge on any atom is -0.492 e. The van der Waals surface area contributed by atoms with E-state index in [1.807, 2.05) is 24.1 Å². The van der Waals surface area contributed by atoms with Crippen LogP contribution < -0.4 is 15.4 Å². The average molecular weight is 373 g/mol. The molecule has 0 atom stereocenters. The van der Waals surface area contributed by atoms with Crippen molar-refractivity contribution in [3.63, 3.8) is 0 Å². The van der Waals surface area contributed by atoms with Gasteiger partial charge in [-0.3, -0.25) is 14.5 Å². The van der Waals surface area contributed by atoms with Crippen molar-refractivity contribution in [2.75, 3.05) is 33.8 Å². The van der Waals surface area contributed by atoms with E-state index in [0.29, 0.717) is 31.0 Å². The van der Waals surface area contributed by atoms with E-state index in [0.717, 1.165) is 5.56 Å². The Bertz CT molecular complexity index is 748. The Morgan fingerprint density at radius 2 is 1.74 bits per heavy atom. The highest BCUT2D eigenvalue weighted by Gasteiger charge is 2.08. The lowest BCUT2D eigenvalue weighted by molar-refractivity contribution is -0.122. The predicted molar refractivity (Wildman–Crippen MR) is 101 cm³/mol. The summed E-state index contributed by atoms with van der Waals surface area (Å²) in [5, 5.41) is 5.36. The third-order valence-electron chi connectivity index (χ3n) is 3.82. The molecule has 2 amide bonds. The summed E-state index contributed by atoms with van der Waals surface area (Å²) in [6.45, 7) is 1.51. The number of hydrogen-bond acceptors (Lipinski definition) is 4. The molecule has 27 heavy (non-hydrogen) atoms. The number of halogens is 1. The van der Waals surface area contributed by atoms with E-state index in [9.17, 15) is 14.0 Å². The van der Waals surface area contributed by atoms with Crippen molar-refractivity contribution in [2.24, 2.45) is 0 Å². The lowest BCUT2D eigenvalue weighted by Crippen LogP contribution is -2.36. The summed E-state index contributed by atoms with van der Waals surface area (Å²) in [5.74, 6) is 0.00394. The molecule has 0 fully saturated rings. The number of carbonyl (C=O) groups is 2. The molecule has 0 aromatic heterocycles. The fourth-order valence-electron chi connectivity index (χ4n) is 2.46. The average Bonchev–Trinajstić information content (AvgIpc) is 2.66. The molecule has 0 aliphatic heterocycles. The topological polar surface area (TPSA) is 70.7 Å². The SMILES string of the molecule is CNC(=O)c1ccc(CN(C)CC(=O)NCCOc2ccc(F)cc2)cc1. The summed E-state index contributed by atoms with van der Waals surface area (Å²) in [6.07, 6.45) is 0.